The van der Waals surface area contributed by atoms with Crippen molar-refractivity contribution in [2.24, 2.45) is 0 Å². The highest BCUT2D eigenvalue weighted by molar-refractivity contribution is 8.42. The van der Waals surface area contributed by atoms with Gasteiger partial charge in [0.2, 0.25) is 0 Å². The fourth-order valence-corrected chi connectivity index (χ4v) is 18.4. The first-order valence-electron chi connectivity index (χ1n) is 13.5. The minimum atomic E-state index is -2.31. The monoisotopic (exact) mass is 543 g/mol. The zero-order valence-electron chi connectivity index (χ0n) is 24.7. The van der Waals surface area contributed by atoms with Crippen LogP contribution in [0.3, 0.4) is 0 Å². The van der Waals surface area contributed by atoms with Gasteiger partial charge in [0.05, 0.1) is 16.6 Å². The van der Waals surface area contributed by atoms with Crippen molar-refractivity contribution in [2.75, 3.05) is 38.0 Å². The average Bonchev–Trinajstić information content (AvgIpc) is 3.55. The Morgan fingerprint density at radius 3 is 1.50 bits per heavy atom. The molecule has 1 saturated heterocycles. The van der Waals surface area contributed by atoms with Gasteiger partial charge in [-0.05, 0) is 89.1 Å². The molecular weight excluding hydrogens is 501 g/mol. The lowest BCUT2D eigenvalue weighted by Gasteiger charge is -2.50. The minimum absolute atomic E-state index is 0.0128. The number of hydrogen-bond donors (Lipinski definition) is 0. The summed E-state index contributed by atoms with van der Waals surface area (Å²) in [5.41, 5.74) is 6.57. The van der Waals surface area contributed by atoms with Gasteiger partial charge >= 0.3 is 7.55 Å². The van der Waals surface area contributed by atoms with Crippen LogP contribution in [0.2, 0.25) is 0 Å². The van der Waals surface area contributed by atoms with E-state index in [0.29, 0.717) is 0 Å². The molecule has 2 aliphatic rings. The highest BCUT2D eigenvalue weighted by atomic mass is 32.4. The smallest absolute Gasteiger partial charge is 0.378 e. The van der Waals surface area contributed by atoms with Crippen molar-refractivity contribution >= 4 is 36.0 Å². The van der Waals surface area contributed by atoms with Crippen molar-refractivity contribution < 1.29 is 4.24 Å². The van der Waals surface area contributed by atoms with Crippen LogP contribution in [0, 0.1) is 0 Å². The van der Waals surface area contributed by atoms with Crippen molar-refractivity contribution in [3.8, 4) is 0 Å². The molecule has 0 bridgehead atoms. The Morgan fingerprint density at radius 1 is 0.684 bits per heavy atom. The molecule has 1 unspecified atom stereocenters. The first-order chi connectivity index (χ1) is 17.7. The van der Waals surface area contributed by atoms with Crippen LogP contribution in [0.4, 0.5) is 11.4 Å². The molecule has 3 aromatic carbocycles. The minimum Gasteiger partial charge on any atom is -0.378 e. The average molecular weight is 544 g/mol. The molecule has 0 aliphatic carbocycles. The van der Waals surface area contributed by atoms with Crippen LogP contribution >= 0.6 is 11.2 Å². The van der Waals surface area contributed by atoms with E-state index in [4.69, 9.17) is 0 Å². The largest absolute Gasteiger partial charge is 0.570 e. The molecule has 0 saturated carbocycles. The van der Waals surface area contributed by atoms with Crippen molar-refractivity contribution in [3.05, 3.63) is 95.6 Å². The summed E-state index contributed by atoms with van der Waals surface area (Å²) in [6.07, 6.45) is 0. The van der Waals surface area contributed by atoms with Gasteiger partial charge in [-0.3, -0.25) is 8.81 Å². The van der Waals surface area contributed by atoms with E-state index < -0.39 is 7.55 Å². The van der Waals surface area contributed by atoms with Crippen molar-refractivity contribution in [2.45, 2.75) is 57.0 Å². The summed E-state index contributed by atoms with van der Waals surface area (Å²) in [7, 11) is 6.15. The van der Waals surface area contributed by atoms with E-state index >= 15 is 0 Å². The van der Waals surface area contributed by atoms with Crippen LogP contribution in [0.15, 0.2) is 78.9 Å². The summed E-state index contributed by atoms with van der Waals surface area (Å²) in [6.45, 7) is 14.3. The van der Waals surface area contributed by atoms with Crippen LogP contribution in [0.1, 0.15) is 58.2 Å². The van der Waals surface area contributed by atoms with E-state index in [1.54, 1.807) is 0 Å². The molecule has 2 aliphatic heterocycles. The van der Waals surface area contributed by atoms with Crippen molar-refractivity contribution in [1.29, 1.82) is 0 Å². The molecule has 3 aromatic rings. The molecule has 2 heterocycles. The fourth-order valence-electron chi connectivity index (χ4n) is 6.08. The van der Waals surface area contributed by atoms with Gasteiger partial charge < -0.3 is 9.80 Å². The Hall–Kier alpha value is -2.70. The fraction of sp³-hybridized carbons (Fsp3) is 0.406. The van der Waals surface area contributed by atoms with E-state index in [0.717, 1.165) is 0 Å². The predicted molar refractivity (Wildman–Crippen MR) is 168 cm³/mol. The first kappa shape index (κ1) is 26.9. The van der Waals surface area contributed by atoms with Gasteiger partial charge in [0.15, 0.2) is 4.37 Å². The molecule has 6 heteroatoms. The SMILES string of the molecule is CN(C)c1ccc(C2(c3ccc(N(C)C)cc3)S[Si]23N(C(C)(C)C)C(c2ccccc2)=[N+]3C(C)(C)C)cc1. The Labute approximate surface area is 234 Å². The summed E-state index contributed by atoms with van der Waals surface area (Å²) < 4.78 is 5.58. The van der Waals surface area contributed by atoms with E-state index in [-0.39, 0.29) is 15.4 Å². The van der Waals surface area contributed by atoms with Gasteiger partial charge in [-0.1, -0.05) is 53.7 Å². The number of nitrogens with zero attached hydrogens (tertiary/aromatic N) is 4. The number of benzene rings is 3. The Kier molecular flexibility index (Phi) is 6.31. The summed E-state index contributed by atoms with van der Waals surface area (Å²) in [4.78, 5) is 4.37. The topological polar surface area (TPSA) is 12.7 Å². The summed E-state index contributed by atoms with van der Waals surface area (Å²) >= 11 is 2.22. The second-order valence-corrected chi connectivity index (χ2v) is 19.3. The summed E-state index contributed by atoms with van der Waals surface area (Å²) in [6, 6.07) is 29.7. The lowest BCUT2D eigenvalue weighted by atomic mass is 10.0. The van der Waals surface area contributed by atoms with Gasteiger partial charge in [0, 0.05) is 39.6 Å². The van der Waals surface area contributed by atoms with Gasteiger partial charge in [-0.25, -0.2) is 0 Å². The number of hydrogen-bond acceptors (Lipinski definition) is 4. The molecule has 4 nitrogen and oxygen atoms in total. The molecular formula is C32H43N4SSi+. The molecule has 200 valence electrons. The van der Waals surface area contributed by atoms with Crippen molar-refractivity contribution in [1.82, 2.24) is 4.57 Å². The normalized spacial score (nSPS) is 20.4. The molecule has 0 N–H and O–H groups in total. The third-order valence-corrected chi connectivity index (χ3v) is 17.2. The maximum absolute atomic E-state index is 2.84. The van der Waals surface area contributed by atoms with E-state index in [1.165, 1.54) is 33.9 Å². The second kappa shape index (κ2) is 8.92. The van der Waals surface area contributed by atoms with Crippen LogP contribution in [-0.4, -0.2) is 61.5 Å². The Bertz CT molecular complexity index is 1300. The standard InChI is InChI=1S/C32H43N4SSi/c1-30(2,3)35-29(24-14-12-11-13-15-24)36(31(4,5)6)38(35)32(37-38,25-16-20-27(21-17-25)33(7)8)26-18-22-28(23-19-26)34(9)10/h11-23H,1-10H3/q+1. The van der Waals surface area contributed by atoms with Crippen LogP contribution in [-0.2, 0) is 4.37 Å². The maximum Gasteiger partial charge on any atom is 0.570 e. The third kappa shape index (κ3) is 3.91. The first-order valence-corrected chi connectivity index (χ1v) is 17.0. The van der Waals surface area contributed by atoms with Crippen LogP contribution in [0.25, 0.3) is 0 Å². The lowest BCUT2D eigenvalue weighted by Crippen LogP contribution is -2.78. The predicted octanol–water partition coefficient (Wildman–Crippen LogP) is 6.66. The maximum atomic E-state index is 2.84. The molecule has 1 spiro atoms. The molecule has 0 aromatic heterocycles. The Balaban J connectivity index is 1.80. The molecule has 1 atom stereocenters. The van der Waals surface area contributed by atoms with Gasteiger partial charge in [-0.15, -0.1) is 0 Å². The van der Waals surface area contributed by atoms with E-state index in [9.17, 15) is 0 Å². The third-order valence-electron chi connectivity index (χ3n) is 7.70. The van der Waals surface area contributed by atoms with Gasteiger partial charge in [-0.2, -0.15) is 0 Å². The summed E-state index contributed by atoms with van der Waals surface area (Å²) in [5, 5.41) is 0. The number of rotatable bonds is 5. The Morgan fingerprint density at radius 2 is 1.13 bits per heavy atom. The van der Waals surface area contributed by atoms with E-state index in [1.807, 2.05) is 0 Å². The van der Waals surface area contributed by atoms with Crippen LogP contribution < -0.4 is 9.80 Å². The highest BCUT2D eigenvalue weighted by Crippen LogP contribution is 2.75. The zero-order valence-corrected chi connectivity index (χ0v) is 26.5. The molecule has 38 heavy (non-hydrogen) atoms. The van der Waals surface area contributed by atoms with Gasteiger partial charge in [0.25, 0.3) is 5.84 Å². The summed E-state index contributed by atoms with van der Waals surface area (Å²) in [5.74, 6) is 1.38. The lowest BCUT2D eigenvalue weighted by molar-refractivity contribution is -0.511. The second-order valence-electron chi connectivity index (χ2n) is 13.0. The van der Waals surface area contributed by atoms with Crippen LogP contribution in [0.5, 0.6) is 0 Å². The number of anilines is 2. The molecule has 0 radical (unpaired) electrons. The zero-order chi connectivity index (χ0) is 27.7. The quantitative estimate of drug-likeness (QED) is 0.263. The molecule has 1 fully saturated rings. The molecule has 5 rings (SSSR count). The highest BCUT2D eigenvalue weighted by Gasteiger charge is 2.96. The number of amidine groups is 1. The van der Waals surface area contributed by atoms with Gasteiger partial charge in [0.1, 0.15) is 0 Å². The molecule has 0 amide bonds. The van der Waals surface area contributed by atoms with Crippen molar-refractivity contribution in [3.63, 3.8) is 0 Å². The van der Waals surface area contributed by atoms with E-state index in [2.05, 4.69) is 178 Å².